The minimum absolute atomic E-state index is 0.334. The Morgan fingerprint density at radius 3 is 2.35 bits per heavy atom. The summed E-state index contributed by atoms with van der Waals surface area (Å²) in [6, 6.07) is 8.76. The van der Waals surface area contributed by atoms with Crippen molar-refractivity contribution in [3.05, 3.63) is 36.0 Å². The fourth-order valence-electron chi connectivity index (χ4n) is 1.79. The third-order valence-electron chi connectivity index (χ3n) is 2.92. The van der Waals surface area contributed by atoms with Crippen molar-refractivity contribution in [3.63, 3.8) is 0 Å². The van der Waals surface area contributed by atoms with Crippen LogP contribution in [0.5, 0.6) is 0 Å². The van der Waals surface area contributed by atoms with Gasteiger partial charge in [0.15, 0.2) is 0 Å². The predicted molar refractivity (Wildman–Crippen MR) is 71.8 cm³/mol. The zero-order valence-electron chi connectivity index (χ0n) is 10.6. The van der Waals surface area contributed by atoms with Gasteiger partial charge >= 0.3 is 0 Å². The number of aromatic nitrogens is 2. The van der Waals surface area contributed by atoms with Gasteiger partial charge in [0.2, 0.25) is 0 Å². The van der Waals surface area contributed by atoms with E-state index in [4.69, 9.17) is 5.73 Å². The van der Waals surface area contributed by atoms with E-state index in [2.05, 4.69) is 50.1 Å². The van der Waals surface area contributed by atoms with Crippen LogP contribution in [-0.4, -0.2) is 9.78 Å². The average molecular weight is 229 g/mol. The largest absolute Gasteiger partial charge is 0.396 e. The van der Waals surface area contributed by atoms with Crippen molar-refractivity contribution >= 4 is 5.69 Å². The van der Waals surface area contributed by atoms with Crippen LogP contribution < -0.4 is 5.73 Å². The Morgan fingerprint density at radius 1 is 1.24 bits per heavy atom. The van der Waals surface area contributed by atoms with E-state index in [-0.39, 0.29) is 0 Å². The van der Waals surface area contributed by atoms with Gasteiger partial charge in [0, 0.05) is 17.8 Å². The number of hydrogen-bond acceptors (Lipinski definition) is 2. The summed E-state index contributed by atoms with van der Waals surface area (Å²) in [5, 5.41) is 4.53. The van der Waals surface area contributed by atoms with Crippen molar-refractivity contribution in [3.8, 4) is 11.3 Å². The Balaban J connectivity index is 2.38. The van der Waals surface area contributed by atoms with Crippen molar-refractivity contribution < 1.29 is 0 Å². The van der Waals surface area contributed by atoms with Crippen LogP contribution in [0.4, 0.5) is 5.69 Å². The third-order valence-corrected chi connectivity index (χ3v) is 2.92. The maximum atomic E-state index is 6.00. The number of benzene rings is 1. The molecule has 2 aromatic rings. The quantitative estimate of drug-likeness (QED) is 0.877. The molecule has 0 amide bonds. The molecule has 0 spiro atoms. The monoisotopic (exact) mass is 229 g/mol. The molecule has 0 aliphatic carbocycles. The van der Waals surface area contributed by atoms with E-state index in [1.54, 1.807) is 0 Å². The van der Waals surface area contributed by atoms with Gasteiger partial charge in [-0.05, 0) is 25.8 Å². The Labute approximate surface area is 102 Å². The highest BCUT2D eigenvalue weighted by molar-refractivity contribution is 5.72. The van der Waals surface area contributed by atoms with E-state index >= 15 is 0 Å². The second-order valence-electron chi connectivity index (χ2n) is 4.56. The van der Waals surface area contributed by atoms with Gasteiger partial charge in [0.25, 0.3) is 0 Å². The molecule has 90 valence electrons. The lowest BCUT2D eigenvalue weighted by Crippen LogP contribution is -2.00. The van der Waals surface area contributed by atoms with E-state index in [9.17, 15) is 0 Å². The molecular formula is C14H19N3. The SMILES string of the molecule is CCc1ccc(-c2nn(C(C)C)cc2N)cc1. The zero-order valence-corrected chi connectivity index (χ0v) is 10.6. The lowest BCUT2D eigenvalue weighted by molar-refractivity contribution is 0.534. The number of hydrogen-bond donors (Lipinski definition) is 1. The molecule has 0 saturated heterocycles. The molecule has 2 rings (SSSR count). The van der Waals surface area contributed by atoms with E-state index in [0.29, 0.717) is 6.04 Å². The summed E-state index contributed by atoms with van der Waals surface area (Å²) in [4.78, 5) is 0. The topological polar surface area (TPSA) is 43.8 Å². The van der Waals surface area contributed by atoms with Crippen LogP contribution in [0.2, 0.25) is 0 Å². The van der Waals surface area contributed by atoms with Crippen molar-refractivity contribution in [1.29, 1.82) is 0 Å². The van der Waals surface area contributed by atoms with Gasteiger partial charge in [0.05, 0.1) is 5.69 Å². The summed E-state index contributed by atoms with van der Waals surface area (Å²) in [6.45, 7) is 6.34. The van der Waals surface area contributed by atoms with Crippen LogP contribution in [0.1, 0.15) is 32.4 Å². The first-order valence-electron chi connectivity index (χ1n) is 6.05. The van der Waals surface area contributed by atoms with Crippen molar-refractivity contribution in [2.24, 2.45) is 0 Å². The molecule has 3 heteroatoms. The highest BCUT2D eigenvalue weighted by Crippen LogP contribution is 2.25. The van der Waals surface area contributed by atoms with Crippen LogP contribution in [0.15, 0.2) is 30.5 Å². The summed E-state index contributed by atoms with van der Waals surface area (Å²) in [5.41, 5.74) is 10.0. The summed E-state index contributed by atoms with van der Waals surface area (Å²) in [5.74, 6) is 0. The van der Waals surface area contributed by atoms with Crippen LogP contribution in [-0.2, 0) is 6.42 Å². The highest BCUT2D eigenvalue weighted by atomic mass is 15.3. The molecule has 1 aromatic carbocycles. The highest BCUT2D eigenvalue weighted by Gasteiger charge is 2.09. The summed E-state index contributed by atoms with van der Waals surface area (Å²) < 4.78 is 1.90. The molecule has 0 aliphatic heterocycles. The fourth-order valence-corrected chi connectivity index (χ4v) is 1.79. The Bertz CT molecular complexity index is 495. The lowest BCUT2D eigenvalue weighted by Gasteiger charge is -2.03. The third kappa shape index (κ3) is 2.33. The molecule has 0 aliphatic rings. The lowest BCUT2D eigenvalue weighted by atomic mass is 10.1. The van der Waals surface area contributed by atoms with E-state index in [0.717, 1.165) is 23.4 Å². The molecule has 0 atom stereocenters. The molecule has 2 N–H and O–H groups in total. The Hall–Kier alpha value is -1.77. The first-order valence-corrected chi connectivity index (χ1v) is 6.05. The maximum absolute atomic E-state index is 6.00. The molecule has 1 aromatic heterocycles. The van der Waals surface area contributed by atoms with Crippen LogP contribution in [0.3, 0.4) is 0 Å². The predicted octanol–water partition coefficient (Wildman–Crippen LogP) is 3.28. The minimum Gasteiger partial charge on any atom is -0.396 e. The smallest absolute Gasteiger partial charge is 0.115 e. The normalized spacial score (nSPS) is 11.1. The van der Waals surface area contributed by atoms with Crippen LogP contribution >= 0.6 is 0 Å². The van der Waals surface area contributed by atoms with Gasteiger partial charge in [0.1, 0.15) is 5.69 Å². The molecule has 0 fully saturated rings. The minimum atomic E-state index is 0.334. The molecule has 17 heavy (non-hydrogen) atoms. The standard InChI is InChI=1S/C14H19N3/c1-4-11-5-7-12(8-6-11)14-13(15)9-17(16-14)10(2)3/h5-10H,4,15H2,1-3H3. The van der Waals surface area contributed by atoms with E-state index in [1.807, 2.05) is 10.9 Å². The number of anilines is 1. The second-order valence-corrected chi connectivity index (χ2v) is 4.56. The maximum Gasteiger partial charge on any atom is 0.115 e. The molecule has 1 heterocycles. The zero-order chi connectivity index (χ0) is 12.4. The Morgan fingerprint density at radius 2 is 1.88 bits per heavy atom. The van der Waals surface area contributed by atoms with Crippen molar-refractivity contribution in [2.75, 3.05) is 5.73 Å². The van der Waals surface area contributed by atoms with Crippen molar-refractivity contribution in [1.82, 2.24) is 9.78 Å². The van der Waals surface area contributed by atoms with Gasteiger partial charge in [-0.3, -0.25) is 4.68 Å². The molecule has 0 unspecified atom stereocenters. The van der Waals surface area contributed by atoms with Crippen LogP contribution in [0.25, 0.3) is 11.3 Å². The Kier molecular flexibility index (Phi) is 3.18. The van der Waals surface area contributed by atoms with E-state index < -0.39 is 0 Å². The number of rotatable bonds is 3. The molecule has 3 nitrogen and oxygen atoms in total. The number of nitrogens with zero attached hydrogens (tertiary/aromatic N) is 2. The number of aryl methyl sites for hydroxylation is 1. The first kappa shape index (κ1) is 11.7. The summed E-state index contributed by atoms with van der Waals surface area (Å²) in [6.07, 6.45) is 2.95. The molecule has 0 radical (unpaired) electrons. The summed E-state index contributed by atoms with van der Waals surface area (Å²) >= 11 is 0. The average Bonchev–Trinajstić information content (AvgIpc) is 2.72. The van der Waals surface area contributed by atoms with Gasteiger partial charge < -0.3 is 5.73 Å². The van der Waals surface area contributed by atoms with Gasteiger partial charge in [-0.1, -0.05) is 31.2 Å². The van der Waals surface area contributed by atoms with E-state index in [1.165, 1.54) is 5.56 Å². The summed E-state index contributed by atoms with van der Waals surface area (Å²) in [7, 11) is 0. The second kappa shape index (κ2) is 4.62. The number of nitrogen functional groups attached to an aromatic ring is 1. The van der Waals surface area contributed by atoms with Gasteiger partial charge in [-0.2, -0.15) is 5.10 Å². The first-order chi connectivity index (χ1) is 8.11. The van der Waals surface area contributed by atoms with Gasteiger partial charge in [-0.15, -0.1) is 0 Å². The molecule has 0 bridgehead atoms. The van der Waals surface area contributed by atoms with Crippen LogP contribution in [0, 0.1) is 0 Å². The van der Waals surface area contributed by atoms with Crippen molar-refractivity contribution in [2.45, 2.75) is 33.2 Å². The number of nitrogens with two attached hydrogens (primary N) is 1. The molecule has 0 saturated carbocycles. The fraction of sp³-hybridized carbons (Fsp3) is 0.357. The molecular weight excluding hydrogens is 210 g/mol. The van der Waals surface area contributed by atoms with Gasteiger partial charge in [-0.25, -0.2) is 0 Å².